The number of halogens is 1. The molecule has 1 atom stereocenters. The van der Waals surface area contributed by atoms with Crippen molar-refractivity contribution >= 4 is 39.0 Å². The summed E-state index contributed by atoms with van der Waals surface area (Å²) in [6, 6.07) is 0. The molecule has 0 spiro atoms. The fourth-order valence-electron chi connectivity index (χ4n) is 1.93. The highest BCUT2D eigenvalue weighted by molar-refractivity contribution is 9.09. The van der Waals surface area contributed by atoms with Gasteiger partial charge in [0, 0.05) is 26.7 Å². The van der Waals surface area contributed by atoms with Crippen molar-refractivity contribution < 1.29 is 19.1 Å². The van der Waals surface area contributed by atoms with Gasteiger partial charge in [-0.3, -0.25) is 9.59 Å². The van der Waals surface area contributed by atoms with Gasteiger partial charge in [-0.05, 0) is 27.2 Å². The van der Waals surface area contributed by atoms with Crippen molar-refractivity contribution in [2.24, 2.45) is 0 Å². The zero-order chi connectivity index (χ0) is 19.7. The summed E-state index contributed by atoms with van der Waals surface area (Å²) in [5, 5.41) is 1.07. The van der Waals surface area contributed by atoms with Gasteiger partial charge in [0.15, 0.2) is 5.78 Å². The third-order valence-corrected chi connectivity index (χ3v) is 4.82. The highest BCUT2D eigenvalue weighted by atomic mass is 79.9. The number of hydrogen-bond acceptors (Lipinski definition) is 6. The van der Waals surface area contributed by atoms with Crippen LogP contribution < -0.4 is 0 Å². The van der Waals surface area contributed by atoms with E-state index in [1.54, 1.807) is 13.3 Å². The number of Topliss-reactive ketones (excluding diaryl/α,β-unsaturated/α-hetero) is 1. The molecule has 0 saturated carbocycles. The highest BCUT2D eigenvalue weighted by Gasteiger charge is 2.33. The van der Waals surface area contributed by atoms with Crippen molar-refractivity contribution in [3.8, 4) is 12.3 Å². The Kier molecular flexibility index (Phi) is 10.2. The first-order valence-corrected chi connectivity index (χ1v) is 9.72. The second-order valence-corrected chi connectivity index (χ2v) is 7.82. The number of ether oxygens (including phenoxy) is 2. The number of carbonyl (C=O) groups is 2. The number of aromatic nitrogens is 1. The van der Waals surface area contributed by atoms with Crippen LogP contribution in [0.4, 0.5) is 0 Å². The minimum absolute atomic E-state index is 0.0237. The first-order chi connectivity index (χ1) is 11.5. The molecule has 1 aromatic heterocycles. The monoisotopic (exact) mass is 431 g/mol. The predicted octanol–water partition coefficient (Wildman–Crippen LogP) is 4.34. The Morgan fingerprint density at radius 1 is 1.40 bits per heavy atom. The standard InChI is InChI=1S/C12H14BrNO2S.C6H12O2/c1-4-6-12(5-2,16-3)11-14-8-10(17-11)9(15)7-13;1-5(7)8-6(2,3)4/h1,8H,5-7H2,2-3H3;1-4H3. The minimum atomic E-state index is -0.565. The molecule has 0 aliphatic carbocycles. The number of hydrogen-bond donors (Lipinski definition) is 0. The number of ketones is 1. The van der Waals surface area contributed by atoms with Crippen molar-refractivity contribution in [1.29, 1.82) is 0 Å². The highest BCUT2D eigenvalue weighted by Crippen LogP contribution is 2.35. The number of nitrogens with zero attached hydrogens (tertiary/aromatic N) is 1. The molecule has 1 aromatic rings. The van der Waals surface area contributed by atoms with Crippen LogP contribution in [0.15, 0.2) is 6.20 Å². The molecule has 1 rings (SSSR count). The van der Waals surface area contributed by atoms with E-state index in [0.29, 0.717) is 16.6 Å². The lowest BCUT2D eigenvalue weighted by Gasteiger charge is -2.26. The normalized spacial score (nSPS) is 13.0. The lowest BCUT2D eigenvalue weighted by molar-refractivity contribution is -0.151. The maximum atomic E-state index is 11.5. The molecule has 1 unspecified atom stereocenters. The van der Waals surface area contributed by atoms with Crippen molar-refractivity contribution in [1.82, 2.24) is 4.98 Å². The summed E-state index contributed by atoms with van der Waals surface area (Å²) in [6.45, 7) is 8.93. The van der Waals surface area contributed by atoms with E-state index in [4.69, 9.17) is 15.9 Å². The number of alkyl halides is 1. The fraction of sp³-hybridized carbons (Fsp3) is 0.611. The van der Waals surface area contributed by atoms with Crippen LogP contribution in [0.3, 0.4) is 0 Å². The quantitative estimate of drug-likeness (QED) is 0.290. The molecule has 0 aliphatic heterocycles. The van der Waals surface area contributed by atoms with Crippen LogP contribution in [0, 0.1) is 12.3 Å². The summed E-state index contributed by atoms with van der Waals surface area (Å²) < 4.78 is 10.3. The van der Waals surface area contributed by atoms with Crippen molar-refractivity contribution in [2.75, 3.05) is 12.4 Å². The number of carbonyl (C=O) groups excluding carboxylic acids is 2. The Balaban J connectivity index is 0.000000609. The van der Waals surface area contributed by atoms with E-state index < -0.39 is 5.60 Å². The van der Waals surface area contributed by atoms with Gasteiger partial charge in [-0.25, -0.2) is 4.98 Å². The number of terminal acetylenes is 1. The molecule has 0 aliphatic rings. The molecule has 140 valence electrons. The van der Waals surface area contributed by atoms with E-state index in [2.05, 4.69) is 26.8 Å². The zero-order valence-corrected chi connectivity index (χ0v) is 18.0. The largest absolute Gasteiger partial charge is 0.460 e. The third kappa shape index (κ3) is 8.13. The Morgan fingerprint density at radius 2 is 2.00 bits per heavy atom. The lowest BCUT2D eigenvalue weighted by Crippen LogP contribution is -2.26. The second-order valence-electron chi connectivity index (χ2n) is 6.23. The molecule has 0 amide bonds. The molecule has 0 saturated heterocycles. The van der Waals surface area contributed by atoms with Gasteiger partial charge in [0.25, 0.3) is 0 Å². The predicted molar refractivity (Wildman–Crippen MR) is 104 cm³/mol. The summed E-state index contributed by atoms with van der Waals surface area (Å²) in [4.78, 5) is 26.7. The second kappa shape index (κ2) is 10.7. The van der Waals surface area contributed by atoms with Crippen LogP contribution >= 0.6 is 27.3 Å². The van der Waals surface area contributed by atoms with E-state index in [9.17, 15) is 9.59 Å². The molecule has 0 bridgehead atoms. The van der Waals surface area contributed by atoms with Gasteiger partial charge in [-0.15, -0.1) is 23.7 Å². The van der Waals surface area contributed by atoms with Crippen LogP contribution in [-0.4, -0.2) is 34.8 Å². The first kappa shape index (κ1) is 23.8. The van der Waals surface area contributed by atoms with Gasteiger partial charge in [0.2, 0.25) is 0 Å². The molecule has 0 fully saturated rings. The lowest BCUT2D eigenvalue weighted by atomic mass is 9.97. The van der Waals surface area contributed by atoms with E-state index in [1.807, 2.05) is 27.7 Å². The van der Waals surface area contributed by atoms with Gasteiger partial charge >= 0.3 is 5.97 Å². The van der Waals surface area contributed by atoms with Crippen molar-refractivity contribution in [3.63, 3.8) is 0 Å². The molecule has 0 radical (unpaired) electrons. The van der Waals surface area contributed by atoms with Gasteiger partial charge < -0.3 is 9.47 Å². The summed E-state index contributed by atoms with van der Waals surface area (Å²) in [5.41, 5.74) is -0.893. The molecular weight excluding hydrogens is 406 g/mol. The van der Waals surface area contributed by atoms with Crippen molar-refractivity contribution in [3.05, 3.63) is 16.1 Å². The SMILES string of the molecule is C#CCC(CC)(OC)c1ncc(C(=O)CBr)s1.CC(=O)OC(C)(C)C. The summed E-state index contributed by atoms with van der Waals surface area (Å²) in [7, 11) is 1.62. The first-order valence-electron chi connectivity index (χ1n) is 7.78. The molecular formula is C18H26BrNO4S. The fourth-order valence-corrected chi connectivity index (χ4v) is 3.51. The Labute approximate surface area is 162 Å². The maximum Gasteiger partial charge on any atom is 0.303 e. The number of methoxy groups -OCH3 is 1. The molecule has 1 heterocycles. The van der Waals surface area contributed by atoms with Crippen LogP contribution in [-0.2, 0) is 19.9 Å². The van der Waals surface area contributed by atoms with Crippen LogP contribution in [0.25, 0.3) is 0 Å². The third-order valence-electron chi connectivity index (χ3n) is 3.09. The Morgan fingerprint density at radius 3 is 2.32 bits per heavy atom. The number of thiazole rings is 1. The Hall–Kier alpha value is -1.23. The van der Waals surface area contributed by atoms with E-state index in [1.165, 1.54) is 18.3 Å². The molecule has 7 heteroatoms. The van der Waals surface area contributed by atoms with Crippen LogP contribution in [0.1, 0.15) is 62.1 Å². The smallest absolute Gasteiger partial charge is 0.303 e. The average molecular weight is 432 g/mol. The average Bonchev–Trinajstić information content (AvgIpc) is 3.00. The van der Waals surface area contributed by atoms with Gasteiger partial charge in [-0.2, -0.15) is 0 Å². The maximum absolute atomic E-state index is 11.5. The zero-order valence-electron chi connectivity index (χ0n) is 15.6. The summed E-state index contributed by atoms with van der Waals surface area (Å²) >= 11 is 4.49. The van der Waals surface area contributed by atoms with Crippen LogP contribution in [0.2, 0.25) is 0 Å². The van der Waals surface area contributed by atoms with E-state index >= 15 is 0 Å². The van der Waals surface area contributed by atoms with Gasteiger partial charge in [0.05, 0.1) is 10.2 Å². The van der Waals surface area contributed by atoms with Gasteiger partial charge in [-0.1, -0.05) is 22.9 Å². The topological polar surface area (TPSA) is 65.5 Å². The van der Waals surface area contributed by atoms with Crippen molar-refractivity contribution in [2.45, 2.75) is 58.7 Å². The van der Waals surface area contributed by atoms with Crippen LogP contribution in [0.5, 0.6) is 0 Å². The molecule has 0 N–H and O–H groups in total. The minimum Gasteiger partial charge on any atom is -0.460 e. The molecule has 0 aromatic carbocycles. The van der Waals surface area contributed by atoms with Gasteiger partial charge in [0.1, 0.15) is 16.2 Å². The van der Waals surface area contributed by atoms with E-state index in [0.717, 1.165) is 11.4 Å². The Bertz CT molecular complexity index is 609. The number of rotatable bonds is 6. The molecule has 25 heavy (non-hydrogen) atoms. The summed E-state index contributed by atoms with van der Waals surface area (Å²) in [6.07, 6.45) is 8.13. The number of esters is 1. The molecule has 5 nitrogen and oxygen atoms in total. The van der Waals surface area contributed by atoms with E-state index in [-0.39, 0.29) is 17.4 Å². The summed E-state index contributed by atoms with van der Waals surface area (Å²) in [5.74, 6) is 2.41.